The van der Waals surface area contributed by atoms with Crippen molar-refractivity contribution in [2.24, 2.45) is 0 Å². The van der Waals surface area contributed by atoms with Crippen LogP contribution in [0.2, 0.25) is 0 Å². The van der Waals surface area contributed by atoms with Crippen molar-refractivity contribution in [2.75, 3.05) is 13.1 Å². The van der Waals surface area contributed by atoms with Crippen molar-refractivity contribution in [2.45, 2.75) is 12.8 Å². The molecular weight excluding hydrogens is 322 g/mol. The number of amides is 1. The number of carbonyl (C=O) groups is 1. The molecule has 0 unspecified atom stereocenters. The molecular formula is C15H14BrNOS. The molecule has 3 rings (SSSR count). The summed E-state index contributed by atoms with van der Waals surface area (Å²) in [7, 11) is 0. The van der Waals surface area contributed by atoms with Gasteiger partial charge in [0.1, 0.15) is 0 Å². The lowest BCUT2D eigenvalue weighted by Crippen LogP contribution is -2.26. The predicted molar refractivity (Wildman–Crippen MR) is 82.6 cm³/mol. The summed E-state index contributed by atoms with van der Waals surface area (Å²) in [6.45, 7) is 1.81. The van der Waals surface area contributed by atoms with Crippen molar-refractivity contribution >= 4 is 33.2 Å². The van der Waals surface area contributed by atoms with Gasteiger partial charge in [-0.3, -0.25) is 4.79 Å². The highest BCUT2D eigenvalue weighted by Crippen LogP contribution is 2.30. The maximum absolute atomic E-state index is 12.3. The van der Waals surface area contributed by atoms with Crippen LogP contribution in [0.25, 0.3) is 10.4 Å². The number of carbonyl (C=O) groups excluding carboxylic acids is 1. The number of likely N-dealkylation sites (tertiary alicyclic amines) is 1. The number of hydrogen-bond acceptors (Lipinski definition) is 2. The van der Waals surface area contributed by atoms with Gasteiger partial charge in [-0.15, -0.1) is 11.3 Å². The molecule has 2 aromatic rings. The van der Waals surface area contributed by atoms with Gasteiger partial charge in [0, 0.05) is 22.4 Å². The number of rotatable bonds is 2. The van der Waals surface area contributed by atoms with E-state index in [2.05, 4.69) is 28.1 Å². The molecule has 0 spiro atoms. The molecule has 0 saturated carbocycles. The van der Waals surface area contributed by atoms with E-state index in [0.717, 1.165) is 45.7 Å². The number of benzene rings is 1. The molecule has 0 aliphatic carbocycles. The zero-order valence-electron chi connectivity index (χ0n) is 10.4. The van der Waals surface area contributed by atoms with E-state index in [1.807, 2.05) is 29.2 Å². The quantitative estimate of drug-likeness (QED) is 0.795. The Labute approximate surface area is 125 Å². The van der Waals surface area contributed by atoms with Crippen LogP contribution in [0.3, 0.4) is 0 Å². The Morgan fingerprint density at radius 2 is 1.74 bits per heavy atom. The van der Waals surface area contributed by atoms with Crippen molar-refractivity contribution in [3.05, 3.63) is 45.7 Å². The summed E-state index contributed by atoms with van der Waals surface area (Å²) in [5.74, 6) is 0.186. The molecule has 1 aliphatic rings. The van der Waals surface area contributed by atoms with Crippen molar-refractivity contribution in [1.82, 2.24) is 4.90 Å². The first-order valence-electron chi connectivity index (χ1n) is 6.39. The van der Waals surface area contributed by atoms with Crippen LogP contribution in [0.1, 0.15) is 22.5 Å². The second-order valence-corrected chi connectivity index (χ2v) is 6.67. The summed E-state index contributed by atoms with van der Waals surface area (Å²) in [5.41, 5.74) is 1.16. The summed E-state index contributed by atoms with van der Waals surface area (Å²) >= 11 is 5.01. The molecule has 2 nitrogen and oxygen atoms in total. The van der Waals surface area contributed by atoms with Crippen molar-refractivity contribution in [3.8, 4) is 10.4 Å². The van der Waals surface area contributed by atoms with Crippen LogP contribution in [0.15, 0.2) is 40.9 Å². The predicted octanol–water partition coefficient (Wildman–Crippen LogP) is 4.41. The molecule has 0 radical (unpaired) electrons. The Morgan fingerprint density at radius 1 is 1.05 bits per heavy atom. The summed E-state index contributed by atoms with van der Waals surface area (Å²) < 4.78 is 1.07. The molecule has 1 aliphatic heterocycles. The first-order chi connectivity index (χ1) is 9.24. The molecule has 1 fully saturated rings. The Balaban J connectivity index is 1.82. The molecule has 2 heterocycles. The molecule has 1 saturated heterocycles. The average molecular weight is 336 g/mol. The first kappa shape index (κ1) is 12.9. The van der Waals surface area contributed by atoms with E-state index in [1.54, 1.807) is 11.3 Å². The zero-order chi connectivity index (χ0) is 13.2. The summed E-state index contributed by atoms with van der Waals surface area (Å²) in [5, 5.41) is 0. The minimum atomic E-state index is 0.186. The molecule has 0 bridgehead atoms. The number of nitrogens with zero attached hydrogens (tertiary/aromatic N) is 1. The smallest absolute Gasteiger partial charge is 0.263 e. The van der Waals surface area contributed by atoms with E-state index in [4.69, 9.17) is 0 Å². The van der Waals surface area contributed by atoms with E-state index in [9.17, 15) is 4.79 Å². The zero-order valence-corrected chi connectivity index (χ0v) is 12.8. The molecule has 4 heteroatoms. The van der Waals surface area contributed by atoms with Crippen LogP contribution in [-0.2, 0) is 0 Å². The van der Waals surface area contributed by atoms with Crippen molar-refractivity contribution in [1.29, 1.82) is 0 Å². The van der Waals surface area contributed by atoms with Crippen LogP contribution in [-0.4, -0.2) is 23.9 Å². The minimum absolute atomic E-state index is 0.186. The van der Waals surface area contributed by atoms with Gasteiger partial charge in [0.15, 0.2) is 0 Å². The highest BCUT2D eigenvalue weighted by Gasteiger charge is 2.20. The topological polar surface area (TPSA) is 20.3 Å². The largest absolute Gasteiger partial charge is 0.338 e. The molecule has 1 aromatic carbocycles. The summed E-state index contributed by atoms with van der Waals surface area (Å²) in [6, 6.07) is 12.2. The SMILES string of the molecule is O=C(c1ccc(-c2ccc(Br)cc2)s1)N1CCCC1. The van der Waals surface area contributed by atoms with E-state index < -0.39 is 0 Å². The molecule has 98 valence electrons. The maximum Gasteiger partial charge on any atom is 0.263 e. The van der Waals surface area contributed by atoms with Gasteiger partial charge >= 0.3 is 0 Å². The van der Waals surface area contributed by atoms with Gasteiger partial charge in [0.25, 0.3) is 5.91 Å². The second-order valence-electron chi connectivity index (χ2n) is 4.67. The number of thiophene rings is 1. The van der Waals surface area contributed by atoms with Gasteiger partial charge in [0.05, 0.1) is 4.88 Å². The lowest BCUT2D eigenvalue weighted by molar-refractivity contribution is 0.0797. The Bertz CT molecular complexity index is 584. The Kier molecular flexibility index (Phi) is 3.71. The summed E-state index contributed by atoms with van der Waals surface area (Å²) in [6.07, 6.45) is 2.27. The van der Waals surface area contributed by atoms with E-state index in [0.29, 0.717) is 0 Å². The Morgan fingerprint density at radius 3 is 2.42 bits per heavy atom. The standard InChI is InChI=1S/C15H14BrNOS/c16-12-5-3-11(4-6-12)13-7-8-14(19-13)15(18)17-9-1-2-10-17/h3-8H,1-2,9-10H2. The lowest BCUT2D eigenvalue weighted by Gasteiger charge is -2.13. The van der Waals surface area contributed by atoms with E-state index in [-0.39, 0.29) is 5.91 Å². The van der Waals surface area contributed by atoms with Crippen LogP contribution in [0.5, 0.6) is 0 Å². The lowest BCUT2D eigenvalue weighted by atomic mass is 10.2. The first-order valence-corrected chi connectivity index (χ1v) is 8.00. The molecule has 1 aromatic heterocycles. The minimum Gasteiger partial charge on any atom is -0.338 e. The molecule has 0 N–H and O–H groups in total. The molecule has 0 atom stereocenters. The fraction of sp³-hybridized carbons (Fsp3) is 0.267. The van der Waals surface area contributed by atoms with Gasteiger partial charge in [-0.05, 0) is 42.7 Å². The maximum atomic E-state index is 12.3. The van der Waals surface area contributed by atoms with Crippen LogP contribution in [0, 0.1) is 0 Å². The highest BCUT2D eigenvalue weighted by atomic mass is 79.9. The number of halogens is 1. The fourth-order valence-corrected chi connectivity index (χ4v) is 3.54. The van der Waals surface area contributed by atoms with Gasteiger partial charge in [-0.2, -0.15) is 0 Å². The van der Waals surface area contributed by atoms with Crippen LogP contribution < -0.4 is 0 Å². The third-order valence-electron chi connectivity index (χ3n) is 3.34. The third-order valence-corrected chi connectivity index (χ3v) is 4.99. The highest BCUT2D eigenvalue weighted by molar-refractivity contribution is 9.10. The average Bonchev–Trinajstić information content (AvgIpc) is 3.10. The van der Waals surface area contributed by atoms with Crippen molar-refractivity contribution < 1.29 is 4.79 Å². The number of hydrogen-bond donors (Lipinski definition) is 0. The summed E-state index contributed by atoms with van der Waals surface area (Å²) in [4.78, 5) is 16.2. The van der Waals surface area contributed by atoms with Crippen LogP contribution in [0.4, 0.5) is 0 Å². The third kappa shape index (κ3) is 2.74. The van der Waals surface area contributed by atoms with E-state index in [1.165, 1.54) is 0 Å². The normalized spacial score (nSPS) is 14.9. The van der Waals surface area contributed by atoms with E-state index >= 15 is 0 Å². The Hall–Kier alpha value is -1.13. The van der Waals surface area contributed by atoms with Gasteiger partial charge in [-0.25, -0.2) is 0 Å². The van der Waals surface area contributed by atoms with Gasteiger partial charge < -0.3 is 4.90 Å². The van der Waals surface area contributed by atoms with Crippen molar-refractivity contribution in [3.63, 3.8) is 0 Å². The molecule has 19 heavy (non-hydrogen) atoms. The second kappa shape index (κ2) is 5.47. The van der Waals surface area contributed by atoms with Gasteiger partial charge in [-0.1, -0.05) is 28.1 Å². The van der Waals surface area contributed by atoms with Gasteiger partial charge in [0.2, 0.25) is 0 Å². The molecule has 1 amide bonds. The monoisotopic (exact) mass is 335 g/mol. The van der Waals surface area contributed by atoms with Crippen LogP contribution >= 0.6 is 27.3 Å². The fourth-order valence-electron chi connectivity index (χ4n) is 2.30.